The molecule has 8 heterocycles. The molecule has 4 N–H and O–H groups in total. The molecular weight excluding hydrogens is 1720 g/mol. The van der Waals surface area contributed by atoms with E-state index in [1.165, 1.54) is 44.6 Å². The molecule has 8 aliphatic rings. The fourth-order valence-corrected chi connectivity index (χ4v) is 26.5. The molecule has 0 radical (unpaired) electrons. The normalized spacial score (nSPS) is 25.7. The molecule has 4 saturated carbocycles. The van der Waals surface area contributed by atoms with Crippen LogP contribution in [0.5, 0.6) is 23.0 Å². The van der Waals surface area contributed by atoms with E-state index in [-0.39, 0.29) is 125 Å². The van der Waals surface area contributed by atoms with Crippen LogP contribution < -0.4 is 29.6 Å². The number of hydrogen-bond acceptors (Lipinski definition) is 24. The Hall–Kier alpha value is -9.12. The lowest BCUT2D eigenvalue weighted by atomic mass is 9.99. The van der Waals surface area contributed by atoms with Gasteiger partial charge in [0.25, 0.3) is 0 Å². The third kappa shape index (κ3) is 21.7. The van der Waals surface area contributed by atoms with Crippen molar-refractivity contribution in [1.82, 2.24) is 29.7 Å². The molecule has 26 nitrogen and oxygen atoms in total. The van der Waals surface area contributed by atoms with Crippen molar-refractivity contribution in [2.75, 3.05) is 64.4 Å². The smallest absolute Gasteiger partial charge is 0.306 e. The number of carbonyl (C=O) groups excluding carboxylic acids is 6. The van der Waals surface area contributed by atoms with Crippen molar-refractivity contribution in [3.63, 3.8) is 0 Å². The van der Waals surface area contributed by atoms with Gasteiger partial charge in [-0.25, -0.2) is 28.7 Å². The lowest BCUT2D eigenvalue weighted by molar-refractivity contribution is -0.155. The Balaban J connectivity index is 0.000000197. The fraction of sp³-hybridized carbons (Fsp3) is 0.542. The summed E-state index contributed by atoms with van der Waals surface area (Å²) in [5.74, 6) is -4.09. The number of methoxy groups -OCH3 is 2. The van der Waals surface area contributed by atoms with Crippen LogP contribution in [-0.4, -0.2) is 187 Å². The van der Waals surface area contributed by atoms with Gasteiger partial charge in [-0.3, -0.25) is 37.9 Å². The molecule has 0 spiro atoms. The number of Topliss-reactive ketones (excluding diaryl/α,β-unsaturated/α-hetero) is 2. The van der Waals surface area contributed by atoms with E-state index in [1.807, 2.05) is 87.0 Å². The number of aryl methyl sites for hydroxylation is 2. The van der Waals surface area contributed by atoms with Crippen molar-refractivity contribution < 1.29 is 94.4 Å². The molecule has 4 aromatic carbocycles. The molecule has 4 aromatic heterocycles. The number of aromatic nitrogens is 4. The van der Waals surface area contributed by atoms with Crippen LogP contribution in [0.15, 0.2) is 108 Å². The van der Waals surface area contributed by atoms with Crippen LogP contribution in [0.4, 0.5) is 19.0 Å². The number of allylic oxidation sites excluding steroid dienone is 2. The predicted octanol–water partition coefficient (Wildman–Crippen LogP) is 18.3. The molecule has 2 unspecified atom stereocenters. The standard InChI is InChI=1S/C48H60FN4O9PS.C48H58FN4O9PS/c2*1-29(2)50-47-52-41(28-64-47)40-22-44(36-17-16-34(59-4)20-39(36)51-40)61-35-21-42-43(54)24-48(63(57,58)27-37-30(3)11-10-15-38(37)49)23-32(48)12-6-5-9-18-60-26-31(46(56)53(42)25-35)19-45(55)62-33-13-7-8-14-33/h10-11,15-17,20,22,28-29,31-33,35,42H,5-9,12-14,18-19,21,23-27H2,1-4H3,(H,50,52)(H,57,58);6,10-12,15-17,20,22,28-29,31-33,35,42H,5,7-9,13-14,18-19,21,23-27H2,1-4H3,(H,50,52)(H,57,58)/b;12-6-/t2*31-,32+,35+,42-,48+/m00/s1. The number of fused-ring (bicyclic) bond motifs is 6. The Kier molecular flexibility index (Phi) is 29.8. The summed E-state index contributed by atoms with van der Waals surface area (Å²) in [5, 5.41) is 10.7. The monoisotopic (exact) mass is 1830 g/mol. The van der Waals surface area contributed by atoms with Crippen molar-refractivity contribution in [3.8, 4) is 45.8 Å². The highest BCUT2D eigenvalue weighted by atomic mass is 32.1. The van der Waals surface area contributed by atoms with Crippen LogP contribution in [0, 0.1) is 49.2 Å². The van der Waals surface area contributed by atoms with Gasteiger partial charge in [-0.2, -0.15) is 0 Å². The maximum absolute atomic E-state index is 15.2. The molecule has 0 bridgehead atoms. The number of carbonyl (C=O) groups is 6. The number of rotatable bonds is 24. The third-order valence-corrected chi connectivity index (χ3v) is 33.8. The van der Waals surface area contributed by atoms with E-state index in [9.17, 15) is 47.7 Å². The minimum absolute atomic E-state index is 0.000583. The Morgan fingerprint density at radius 2 is 1.02 bits per heavy atom. The van der Waals surface area contributed by atoms with Gasteiger partial charge in [-0.1, -0.05) is 49.3 Å². The Labute approximate surface area is 754 Å². The Morgan fingerprint density at radius 3 is 1.48 bits per heavy atom. The van der Waals surface area contributed by atoms with Gasteiger partial charge in [-0.15, -0.1) is 22.7 Å². The van der Waals surface area contributed by atoms with Crippen molar-refractivity contribution in [1.29, 1.82) is 0 Å². The first-order valence-electron chi connectivity index (χ1n) is 45.2. The van der Waals surface area contributed by atoms with E-state index in [1.54, 1.807) is 64.5 Å². The molecule has 128 heavy (non-hydrogen) atoms. The summed E-state index contributed by atoms with van der Waals surface area (Å²) in [7, 11) is -5.30. The van der Waals surface area contributed by atoms with Gasteiger partial charge in [0, 0.05) is 108 Å². The second-order valence-corrected chi connectivity index (χ2v) is 43.5. The zero-order valence-corrected chi connectivity index (χ0v) is 77.5. The molecular formula is C96H118F2N8O18P2S2. The van der Waals surface area contributed by atoms with Gasteiger partial charge in [0.2, 0.25) is 26.6 Å². The summed E-state index contributed by atoms with van der Waals surface area (Å²) in [6.07, 6.45) is 12.2. The molecule has 8 aromatic rings. The Morgan fingerprint density at radius 1 is 0.562 bits per heavy atom. The molecule has 686 valence electrons. The number of nitrogens with one attached hydrogen (secondary N) is 2. The van der Waals surface area contributed by atoms with E-state index in [0.29, 0.717) is 124 Å². The first-order chi connectivity index (χ1) is 61.5. The minimum atomic E-state index is -4.25. The second-order valence-electron chi connectivity index (χ2n) is 36.6. The summed E-state index contributed by atoms with van der Waals surface area (Å²) in [5.41, 5.74) is 5.05. The first kappa shape index (κ1) is 93.6. The van der Waals surface area contributed by atoms with Gasteiger partial charge < -0.3 is 68.1 Å². The van der Waals surface area contributed by atoms with Crippen LogP contribution in [-0.2, 0) is 69.2 Å². The third-order valence-electron chi connectivity index (χ3n) is 26.6. The quantitative estimate of drug-likeness (QED) is 0.0248. The first-order valence-corrected chi connectivity index (χ1v) is 50.7. The number of amides is 2. The van der Waals surface area contributed by atoms with Gasteiger partial charge in [0.1, 0.15) is 70.4 Å². The van der Waals surface area contributed by atoms with Crippen LogP contribution in [0.25, 0.3) is 44.6 Å². The van der Waals surface area contributed by atoms with Crippen molar-refractivity contribution in [2.24, 2.45) is 23.7 Å². The second kappa shape index (κ2) is 40.7. The number of esters is 2. The summed E-state index contributed by atoms with van der Waals surface area (Å²) < 4.78 is 108. The number of halogens is 2. The average molecular weight is 1840 g/mol. The van der Waals surface area contributed by atoms with E-state index in [2.05, 4.69) is 10.6 Å². The summed E-state index contributed by atoms with van der Waals surface area (Å²) in [6, 6.07) is 22.0. The van der Waals surface area contributed by atoms with E-state index in [4.69, 9.17) is 57.8 Å². The molecule has 16 rings (SSSR count). The summed E-state index contributed by atoms with van der Waals surface area (Å²) in [6.45, 7) is 12.2. The number of ketones is 2. The van der Waals surface area contributed by atoms with Crippen molar-refractivity contribution in [3.05, 3.63) is 142 Å². The average Bonchev–Trinajstić information content (AvgIpc) is 1.55. The highest BCUT2D eigenvalue weighted by molar-refractivity contribution is 7.59. The zero-order valence-electron chi connectivity index (χ0n) is 74.1. The SMILES string of the molecule is COc1ccc2c(O[C@@H]3C[C@H]4C(=O)C[C@]5(P(=O)(O)Cc6c(C)cccc6F)C[C@H]5/C=C\CCCOC[C@H](CC(=O)OC5CCCC5)C(=O)N4C3)cc(-c3csc(NC(C)C)n3)nc2c1.COc1ccc2c(O[C@@H]3C[C@H]4C(=O)C[C@]5(P(=O)(O)Cc6c(C)cccc6F)C[C@H]5CCCCCOC[C@H](CC(=O)OC5CCCC5)C(=O)N4C3)cc(-c3csc(NC(C)C)n3)nc2c1. The fourth-order valence-electron chi connectivity index (χ4n) is 19.4. The maximum Gasteiger partial charge on any atom is 0.306 e. The lowest BCUT2D eigenvalue weighted by Gasteiger charge is -2.30. The number of anilines is 2. The van der Waals surface area contributed by atoms with Crippen LogP contribution in [0.1, 0.15) is 191 Å². The van der Waals surface area contributed by atoms with Gasteiger partial charge in [0.15, 0.2) is 21.8 Å². The lowest BCUT2D eigenvalue weighted by Crippen LogP contribution is -2.46. The van der Waals surface area contributed by atoms with E-state index >= 15 is 8.78 Å². The molecule has 7 fully saturated rings. The largest absolute Gasteiger partial charge is 0.497 e. The number of pyridine rings is 2. The number of nitrogens with zero attached hydrogens (tertiary/aromatic N) is 6. The summed E-state index contributed by atoms with van der Waals surface area (Å²) >= 11 is 2.92. The van der Waals surface area contributed by atoms with Crippen molar-refractivity contribution in [2.45, 2.75) is 254 Å². The highest BCUT2D eigenvalue weighted by Crippen LogP contribution is 2.76. The van der Waals surface area contributed by atoms with Crippen LogP contribution >= 0.6 is 37.4 Å². The molecule has 4 aliphatic carbocycles. The summed E-state index contributed by atoms with van der Waals surface area (Å²) in [4.78, 5) is 133. The van der Waals surface area contributed by atoms with Crippen molar-refractivity contribution >= 4 is 105 Å². The van der Waals surface area contributed by atoms with Gasteiger partial charge >= 0.3 is 11.9 Å². The zero-order chi connectivity index (χ0) is 90.3. The van der Waals surface area contributed by atoms with E-state index in [0.717, 1.165) is 74.5 Å². The Bertz CT molecular complexity index is 5480. The number of ether oxygens (including phenoxy) is 8. The maximum atomic E-state index is 15.2. The molecule has 12 atom stereocenters. The highest BCUT2D eigenvalue weighted by Gasteiger charge is 2.67. The molecule has 32 heteroatoms. The minimum Gasteiger partial charge on any atom is -0.497 e. The molecule has 3 saturated heterocycles. The number of thiazole rings is 2. The predicted molar refractivity (Wildman–Crippen MR) is 487 cm³/mol. The van der Waals surface area contributed by atoms with Crippen LogP contribution in [0.3, 0.4) is 0 Å². The van der Waals surface area contributed by atoms with Gasteiger partial charge in [-0.05, 0) is 191 Å². The molecule has 2 amide bonds. The van der Waals surface area contributed by atoms with Crippen LogP contribution in [0.2, 0.25) is 0 Å². The molecule has 4 aliphatic heterocycles. The van der Waals surface area contributed by atoms with E-state index < -0.39 is 114 Å². The topological polar surface area (TPSA) is 333 Å². The number of hydrogen-bond donors (Lipinski definition) is 4. The number of benzene rings is 4. The van der Waals surface area contributed by atoms with Gasteiger partial charge in [0.05, 0.1) is 122 Å².